The molecule has 0 aliphatic heterocycles. The second-order valence-corrected chi connectivity index (χ2v) is 3.67. The Kier molecular flexibility index (Phi) is 3.25. The lowest BCUT2D eigenvalue weighted by Crippen LogP contribution is -1.99. The molecule has 0 saturated carbocycles. The molecule has 0 saturated heterocycles. The van der Waals surface area contributed by atoms with Crippen LogP contribution < -0.4 is 4.74 Å². The van der Waals surface area contributed by atoms with Gasteiger partial charge in [0.15, 0.2) is 0 Å². The number of hydrogen-bond acceptors (Lipinski definition) is 2. The van der Waals surface area contributed by atoms with Crippen molar-refractivity contribution in [2.75, 3.05) is 7.11 Å². The van der Waals surface area contributed by atoms with Crippen LogP contribution in [0, 0.1) is 0 Å². The quantitative estimate of drug-likeness (QED) is 0.785. The molecule has 1 heterocycles. The van der Waals surface area contributed by atoms with Gasteiger partial charge < -0.3 is 4.74 Å². The SMILES string of the molecule is CCCc1ccn(-c2ccccc2OC)n1. The molecule has 2 rings (SSSR count). The summed E-state index contributed by atoms with van der Waals surface area (Å²) in [5.41, 5.74) is 2.10. The molecule has 3 nitrogen and oxygen atoms in total. The van der Waals surface area contributed by atoms with Crippen LogP contribution in [0.5, 0.6) is 5.75 Å². The van der Waals surface area contributed by atoms with Crippen LogP contribution in [0.3, 0.4) is 0 Å². The molecule has 0 atom stereocenters. The number of rotatable bonds is 4. The molecule has 0 amide bonds. The van der Waals surface area contributed by atoms with Gasteiger partial charge in [0.05, 0.1) is 12.8 Å². The Morgan fingerprint density at radius 2 is 2.06 bits per heavy atom. The predicted molar refractivity (Wildman–Crippen MR) is 64.1 cm³/mol. The largest absolute Gasteiger partial charge is 0.494 e. The van der Waals surface area contributed by atoms with Crippen LogP contribution in [-0.2, 0) is 6.42 Å². The van der Waals surface area contributed by atoms with Crippen LogP contribution in [0.1, 0.15) is 19.0 Å². The summed E-state index contributed by atoms with van der Waals surface area (Å²) < 4.78 is 7.17. The van der Waals surface area contributed by atoms with E-state index >= 15 is 0 Å². The van der Waals surface area contributed by atoms with Crippen LogP contribution >= 0.6 is 0 Å². The molecule has 0 fully saturated rings. The average Bonchev–Trinajstić information content (AvgIpc) is 2.78. The minimum absolute atomic E-state index is 0.841. The van der Waals surface area contributed by atoms with E-state index in [0.717, 1.165) is 30.0 Å². The third-order valence-electron chi connectivity index (χ3n) is 2.48. The Hall–Kier alpha value is -1.77. The standard InChI is InChI=1S/C13H16N2O/c1-3-6-11-9-10-15(14-11)12-7-4-5-8-13(12)16-2/h4-5,7-10H,3,6H2,1-2H3. The third kappa shape index (κ3) is 2.08. The smallest absolute Gasteiger partial charge is 0.144 e. The van der Waals surface area contributed by atoms with Crippen LogP contribution in [0.4, 0.5) is 0 Å². The van der Waals surface area contributed by atoms with Gasteiger partial charge in [-0.05, 0) is 24.6 Å². The number of aromatic nitrogens is 2. The molecule has 2 aromatic rings. The zero-order valence-corrected chi connectivity index (χ0v) is 9.68. The number of benzene rings is 1. The highest BCUT2D eigenvalue weighted by Gasteiger charge is 2.05. The van der Waals surface area contributed by atoms with Crippen molar-refractivity contribution in [3.63, 3.8) is 0 Å². The molecule has 0 unspecified atom stereocenters. The molecule has 0 spiro atoms. The van der Waals surface area contributed by atoms with Gasteiger partial charge in [-0.25, -0.2) is 4.68 Å². The summed E-state index contributed by atoms with van der Waals surface area (Å²) in [4.78, 5) is 0. The molecular formula is C13H16N2O. The topological polar surface area (TPSA) is 27.1 Å². The Morgan fingerprint density at radius 3 is 2.81 bits per heavy atom. The van der Waals surface area contributed by atoms with Gasteiger partial charge in [-0.15, -0.1) is 0 Å². The highest BCUT2D eigenvalue weighted by atomic mass is 16.5. The van der Waals surface area contributed by atoms with Crippen LogP contribution in [0.2, 0.25) is 0 Å². The van der Waals surface area contributed by atoms with E-state index in [-0.39, 0.29) is 0 Å². The van der Waals surface area contributed by atoms with Crippen molar-refractivity contribution < 1.29 is 4.74 Å². The molecule has 0 bridgehead atoms. The molecule has 16 heavy (non-hydrogen) atoms. The van der Waals surface area contributed by atoms with E-state index in [1.54, 1.807) is 7.11 Å². The van der Waals surface area contributed by atoms with E-state index in [0.29, 0.717) is 0 Å². The number of para-hydroxylation sites is 2. The lowest BCUT2D eigenvalue weighted by atomic mass is 10.3. The van der Waals surface area contributed by atoms with E-state index in [1.807, 2.05) is 35.1 Å². The van der Waals surface area contributed by atoms with Crippen molar-refractivity contribution in [3.05, 3.63) is 42.2 Å². The Bertz CT molecular complexity index is 462. The van der Waals surface area contributed by atoms with Crippen molar-refractivity contribution in [1.29, 1.82) is 0 Å². The fraction of sp³-hybridized carbons (Fsp3) is 0.308. The van der Waals surface area contributed by atoms with Gasteiger partial charge in [-0.2, -0.15) is 5.10 Å². The minimum atomic E-state index is 0.841. The number of ether oxygens (including phenoxy) is 1. The molecule has 0 aliphatic rings. The number of aryl methyl sites for hydroxylation is 1. The van der Waals surface area contributed by atoms with Crippen molar-refractivity contribution in [2.45, 2.75) is 19.8 Å². The monoisotopic (exact) mass is 216 g/mol. The first-order valence-corrected chi connectivity index (χ1v) is 5.53. The van der Waals surface area contributed by atoms with E-state index in [2.05, 4.69) is 18.1 Å². The molecule has 1 aromatic carbocycles. The zero-order chi connectivity index (χ0) is 11.4. The second-order valence-electron chi connectivity index (χ2n) is 3.67. The number of nitrogens with zero attached hydrogens (tertiary/aromatic N) is 2. The van der Waals surface area contributed by atoms with Crippen LogP contribution in [-0.4, -0.2) is 16.9 Å². The van der Waals surface area contributed by atoms with Gasteiger partial charge in [0.1, 0.15) is 11.4 Å². The van der Waals surface area contributed by atoms with Crippen LogP contribution in [0.25, 0.3) is 5.69 Å². The van der Waals surface area contributed by atoms with E-state index in [1.165, 1.54) is 0 Å². The first-order chi connectivity index (χ1) is 7.85. The zero-order valence-electron chi connectivity index (χ0n) is 9.68. The Morgan fingerprint density at radius 1 is 1.25 bits per heavy atom. The Balaban J connectivity index is 2.34. The summed E-state index contributed by atoms with van der Waals surface area (Å²) >= 11 is 0. The predicted octanol–water partition coefficient (Wildman–Crippen LogP) is 2.83. The first-order valence-electron chi connectivity index (χ1n) is 5.53. The average molecular weight is 216 g/mol. The molecule has 84 valence electrons. The van der Waals surface area contributed by atoms with E-state index < -0.39 is 0 Å². The summed E-state index contributed by atoms with van der Waals surface area (Å²) in [5, 5.41) is 4.52. The second kappa shape index (κ2) is 4.84. The van der Waals surface area contributed by atoms with Gasteiger partial charge in [-0.1, -0.05) is 25.5 Å². The maximum absolute atomic E-state index is 5.31. The van der Waals surface area contributed by atoms with Gasteiger partial charge in [0, 0.05) is 6.20 Å². The van der Waals surface area contributed by atoms with Gasteiger partial charge in [0.2, 0.25) is 0 Å². The number of methoxy groups -OCH3 is 1. The highest BCUT2D eigenvalue weighted by molar-refractivity contribution is 5.45. The molecular weight excluding hydrogens is 200 g/mol. The maximum atomic E-state index is 5.31. The normalized spacial score (nSPS) is 10.4. The molecule has 0 N–H and O–H groups in total. The molecule has 0 radical (unpaired) electrons. The third-order valence-corrected chi connectivity index (χ3v) is 2.48. The van der Waals surface area contributed by atoms with E-state index in [4.69, 9.17) is 4.74 Å². The Labute approximate surface area is 95.7 Å². The van der Waals surface area contributed by atoms with E-state index in [9.17, 15) is 0 Å². The molecule has 1 aromatic heterocycles. The van der Waals surface area contributed by atoms with Gasteiger partial charge in [0.25, 0.3) is 0 Å². The number of hydrogen-bond donors (Lipinski definition) is 0. The summed E-state index contributed by atoms with van der Waals surface area (Å²) in [7, 11) is 1.68. The van der Waals surface area contributed by atoms with Gasteiger partial charge in [-0.3, -0.25) is 0 Å². The minimum Gasteiger partial charge on any atom is -0.494 e. The van der Waals surface area contributed by atoms with Crippen molar-refractivity contribution >= 4 is 0 Å². The fourth-order valence-electron chi connectivity index (χ4n) is 1.70. The summed E-state index contributed by atoms with van der Waals surface area (Å²) in [6, 6.07) is 9.94. The van der Waals surface area contributed by atoms with Gasteiger partial charge >= 0.3 is 0 Å². The lowest BCUT2D eigenvalue weighted by Gasteiger charge is -2.07. The van der Waals surface area contributed by atoms with Crippen molar-refractivity contribution in [1.82, 2.24) is 9.78 Å². The highest BCUT2D eigenvalue weighted by Crippen LogP contribution is 2.21. The summed E-state index contributed by atoms with van der Waals surface area (Å²) in [6.07, 6.45) is 4.11. The first kappa shape index (κ1) is 10.7. The summed E-state index contributed by atoms with van der Waals surface area (Å²) in [5.74, 6) is 0.841. The van der Waals surface area contributed by atoms with Crippen molar-refractivity contribution in [3.8, 4) is 11.4 Å². The fourth-order valence-corrected chi connectivity index (χ4v) is 1.70. The molecule has 3 heteroatoms. The lowest BCUT2D eigenvalue weighted by molar-refractivity contribution is 0.411. The molecule has 0 aliphatic carbocycles. The summed E-state index contributed by atoms with van der Waals surface area (Å²) in [6.45, 7) is 2.15. The maximum Gasteiger partial charge on any atom is 0.144 e. The van der Waals surface area contributed by atoms with Crippen molar-refractivity contribution in [2.24, 2.45) is 0 Å². The van der Waals surface area contributed by atoms with Crippen LogP contribution in [0.15, 0.2) is 36.5 Å².